The van der Waals surface area contributed by atoms with E-state index in [-0.39, 0.29) is 18.8 Å². The number of hydrogen-bond acceptors (Lipinski definition) is 6. The molecule has 12 heteroatoms. The summed E-state index contributed by atoms with van der Waals surface area (Å²) < 4.78 is 50.1. The zero-order valence-corrected chi connectivity index (χ0v) is 21.5. The Kier molecular flexibility index (Phi) is 9.65. The van der Waals surface area contributed by atoms with E-state index in [0.717, 1.165) is 45.0 Å². The van der Waals surface area contributed by atoms with Crippen LogP contribution in [0.4, 0.5) is 23.7 Å². The fraction of sp³-hybridized carbons (Fsp3) is 0.481. The van der Waals surface area contributed by atoms with Gasteiger partial charge in [-0.1, -0.05) is 6.07 Å². The van der Waals surface area contributed by atoms with E-state index in [1.807, 2.05) is 0 Å². The van der Waals surface area contributed by atoms with Crippen molar-refractivity contribution in [2.45, 2.75) is 31.2 Å². The first-order chi connectivity index (χ1) is 18.7. The van der Waals surface area contributed by atoms with Crippen molar-refractivity contribution < 1.29 is 37.3 Å². The summed E-state index contributed by atoms with van der Waals surface area (Å²) in [6, 6.07) is 9.66. The van der Waals surface area contributed by atoms with Crippen molar-refractivity contribution in [3.63, 3.8) is 0 Å². The van der Waals surface area contributed by atoms with Crippen LogP contribution in [0.1, 0.15) is 28.8 Å². The lowest BCUT2D eigenvalue weighted by Crippen LogP contribution is -2.50. The number of rotatable bonds is 7. The summed E-state index contributed by atoms with van der Waals surface area (Å²) in [6.45, 7) is 4.77. The Hall–Kier alpha value is -3.35. The molecule has 212 valence electrons. The molecule has 2 aromatic rings. The number of amides is 3. The summed E-state index contributed by atoms with van der Waals surface area (Å²) >= 11 is 0. The van der Waals surface area contributed by atoms with Crippen LogP contribution in [-0.4, -0.2) is 91.5 Å². The van der Waals surface area contributed by atoms with Crippen molar-refractivity contribution in [1.82, 2.24) is 15.1 Å². The van der Waals surface area contributed by atoms with Crippen molar-refractivity contribution in [3.05, 3.63) is 59.7 Å². The number of carbonyl (C=O) groups is 2. The molecule has 0 aromatic heterocycles. The second kappa shape index (κ2) is 13.1. The van der Waals surface area contributed by atoms with Gasteiger partial charge in [-0.2, -0.15) is 13.2 Å². The quantitative estimate of drug-likeness (QED) is 0.490. The number of hydrogen-bond donors (Lipinski definition) is 3. The molecule has 2 heterocycles. The number of carbonyl (C=O) groups excluding carboxylic acids is 2. The van der Waals surface area contributed by atoms with Gasteiger partial charge in [-0.05, 0) is 55.3 Å². The second-order valence-electron chi connectivity index (χ2n) is 9.57. The number of benzene rings is 2. The molecule has 9 nitrogen and oxygen atoms in total. The molecular weight excluding hydrogens is 517 g/mol. The Morgan fingerprint density at radius 1 is 1.08 bits per heavy atom. The topological polar surface area (TPSA) is 103 Å². The van der Waals surface area contributed by atoms with E-state index in [2.05, 4.69) is 15.5 Å². The first-order valence-corrected chi connectivity index (χ1v) is 12.9. The molecule has 2 fully saturated rings. The van der Waals surface area contributed by atoms with Crippen molar-refractivity contribution >= 4 is 17.6 Å². The SMILES string of the molecule is O=C(NC1CN(C(=O)Nc2cccc(C(F)(F)F)c2)CCCC1O)c1ccc(OCCN2CCOCC2)cc1. The van der Waals surface area contributed by atoms with Gasteiger partial charge >= 0.3 is 12.2 Å². The van der Waals surface area contributed by atoms with Crippen molar-refractivity contribution in [2.24, 2.45) is 0 Å². The minimum atomic E-state index is -4.53. The summed E-state index contributed by atoms with van der Waals surface area (Å²) in [5, 5.41) is 15.9. The zero-order valence-electron chi connectivity index (χ0n) is 21.5. The van der Waals surface area contributed by atoms with E-state index in [4.69, 9.17) is 9.47 Å². The minimum absolute atomic E-state index is 0.000433. The smallest absolute Gasteiger partial charge is 0.416 e. The number of ether oxygens (including phenoxy) is 2. The lowest BCUT2D eigenvalue weighted by Gasteiger charge is -2.27. The molecule has 2 saturated heterocycles. The molecule has 2 aromatic carbocycles. The number of aliphatic hydroxyl groups excluding tert-OH is 1. The van der Waals surface area contributed by atoms with Crippen LogP contribution in [0.3, 0.4) is 0 Å². The van der Waals surface area contributed by atoms with E-state index in [9.17, 15) is 27.9 Å². The highest BCUT2D eigenvalue weighted by atomic mass is 19.4. The molecular formula is C27H33F3N4O5. The third kappa shape index (κ3) is 8.32. The highest BCUT2D eigenvalue weighted by Crippen LogP contribution is 2.30. The molecule has 2 aliphatic rings. The zero-order chi connectivity index (χ0) is 27.8. The third-order valence-corrected chi connectivity index (χ3v) is 6.75. The number of anilines is 1. The molecule has 0 bridgehead atoms. The number of halogens is 3. The molecule has 2 atom stereocenters. The normalized spacial score (nSPS) is 20.7. The van der Waals surface area contributed by atoms with Gasteiger partial charge in [-0.15, -0.1) is 0 Å². The van der Waals surface area contributed by atoms with Gasteiger partial charge in [0.05, 0.1) is 30.9 Å². The standard InChI is InChI=1S/C27H33F3N4O5/c28-27(29,30)20-3-1-4-21(17-20)31-26(37)34-10-2-5-24(35)23(18-34)32-25(36)19-6-8-22(9-7-19)39-16-13-33-11-14-38-15-12-33/h1,3-4,6-9,17,23-24,35H,2,5,10-16,18H2,(H,31,37)(H,32,36). The number of urea groups is 1. The fourth-order valence-corrected chi connectivity index (χ4v) is 4.52. The first-order valence-electron chi connectivity index (χ1n) is 12.9. The predicted octanol–water partition coefficient (Wildman–Crippen LogP) is 3.20. The van der Waals surface area contributed by atoms with Gasteiger partial charge in [0, 0.05) is 44.0 Å². The van der Waals surface area contributed by atoms with Crippen LogP contribution in [-0.2, 0) is 10.9 Å². The number of likely N-dealkylation sites (tertiary alicyclic amines) is 1. The largest absolute Gasteiger partial charge is 0.492 e. The number of nitrogens with zero attached hydrogens (tertiary/aromatic N) is 2. The lowest BCUT2D eigenvalue weighted by molar-refractivity contribution is -0.137. The molecule has 0 radical (unpaired) electrons. The number of nitrogens with one attached hydrogen (secondary N) is 2. The Balaban J connectivity index is 1.30. The molecule has 4 rings (SSSR count). The van der Waals surface area contributed by atoms with E-state index in [1.165, 1.54) is 17.0 Å². The average molecular weight is 551 g/mol. The van der Waals surface area contributed by atoms with Crippen molar-refractivity contribution in [1.29, 1.82) is 0 Å². The third-order valence-electron chi connectivity index (χ3n) is 6.75. The maximum atomic E-state index is 13.0. The summed E-state index contributed by atoms with van der Waals surface area (Å²) in [6.07, 6.45) is -4.59. The molecule has 2 unspecified atom stereocenters. The molecule has 3 amide bonds. The Labute approximate surface area is 224 Å². The molecule has 3 N–H and O–H groups in total. The molecule has 0 spiro atoms. The molecule has 2 aliphatic heterocycles. The van der Waals surface area contributed by atoms with Crippen LogP contribution in [0.5, 0.6) is 5.75 Å². The first kappa shape index (κ1) is 28.7. The van der Waals surface area contributed by atoms with Crippen molar-refractivity contribution in [3.8, 4) is 5.75 Å². The maximum absolute atomic E-state index is 13.0. The van der Waals surface area contributed by atoms with Gasteiger partial charge in [-0.25, -0.2) is 4.79 Å². The van der Waals surface area contributed by atoms with E-state index in [1.54, 1.807) is 24.3 Å². The second-order valence-corrected chi connectivity index (χ2v) is 9.57. The van der Waals surface area contributed by atoms with Gasteiger partial charge in [0.15, 0.2) is 0 Å². The van der Waals surface area contributed by atoms with Gasteiger partial charge in [0.25, 0.3) is 5.91 Å². The number of alkyl halides is 3. The Bertz CT molecular complexity index is 1110. The van der Waals surface area contributed by atoms with Gasteiger partial charge in [0.2, 0.25) is 0 Å². The van der Waals surface area contributed by atoms with Crippen LogP contribution in [0.25, 0.3) is 0 Å². The summed E-state index contributed by atoms with van der Waals surface area (Å²) in [5.41, 5.74) is -0.496. The van der Waals surface area contributed by atoms with E-state index < -0.39 is 35.8 Å². The van der Waals surface area contributed by atoms with Gasteiger partial charge in [0.1, 0.15) is 12.4 Å². The van der Waals surface area contributed by atoms with Crippen LogP contribution in [0.15, 0.2) is 48.5 Å². The average Bonchev–Trinajstić information content (AvgIpc) is 3.10. The van der Waals surface area contributed by atoms with Gasteiger partial charge < -0.3 is 30.1 Å². The Morgan fingerprint density at radius 2 is 1.82 bits per heavy atom. The summed E-state index contributed by atoms with van der Waals surface area (Å²) in [5.74, 6) is 0.214. The Morgan fingerprint density at radius 3 is 2.54 bits per heavy atom. The molecule has 0 aliphatic carbocycles. The number of aliphatic hydroxyl groups is 1. The number of morpholine rings is 1. The fourth-order valence-electron chi connectivity index (χ4n) is 4.52. The van der Waals surface area contributed by atoms with Crippen LogP contribution in [0, 0.1) is 0 Å². The monoisotopic (exact) mass is 550 g/mol. The minimum Gasteiger partial charge on any atom is -0.492 e. The molecule has 0 saturated carbocycles. The summed E-state index contributed by atoms with van der Waals surface area (Å²) in [7, 11) is 0. The summed E-state index contributed by atoms with van der Waals surface area (Å²) in [4.78, 5) is 29.4. The predicted molar refractivity (Wildman–Crippen MR) is 138 cm³/mol. The highest BCUT2D eigenvalue weighted by molar-refractivity contribution is 5.94. The van der Waals surface area contributed by atoms with Gasteiger partial charge in [-0.3, -0.25) is 9.69 Å². The van der Waals surface area contributed by atoms with Crippen LogP contribution >= 0.6 is 0 Å². The molecule has 39 heavy (non-hydrogen) atoms. The maximum Gasteiger partial charge on any atom is 0.416 e. The van der Waals surface area contributed by atoms with Crippen molar-refractivity contribution in [2.75, 3.05) is 57.9 Å². The van der Waals surface area contributed by atoms with E-state index in [0.29, 0.717) is 30.8 Å². The highest BCUT2D eigenvalue weighted by Gasteiger charge is 2.32. The van der Waals surface area contributed by atoms with Crippen LogP contribution < -0.4 is 15.4 Å². The van der Waals surface area contributed by atoms with E-state index >= 15 is 0 Å². The van der Waals surface area contributed by atoms with Crippen LogP contribution in [0.2, 0.25) is 0 Å². The lowest BCUT2D eigenvalue weighted by atomic mass is 10.1.